The first-order chi connectivity index (χ1) is 10.5. The second kappa shape index (κ2) is 5.69. The van der Waals surface area contributed by atoms with Crippen LogP contribution in [-0.4, -0.2) is 47.9 Å². The van der Waals surface area contributed by atoms with E-state index < -0.39 is 10.0 Å². The molecule has 1 aliphatic rings. The first-order valence-electron chi connectivity index (χ1n) is 7.03. The fourth-order valence-electron chi connectivity index (χ4n) is 2.68. The second-order valence-corrected chi connectivity index (χ2v) is 7.25. The maximum Gasteiger partial charge on any atom is 0.246 e. The molecule has 1 atom stereocenters. The lowest BCUT2D eigenvalue weighted by Gasteiger charge is -2.18. The average Bonchev–Trinajstić information content (AvgIpc) is 3.18. The van der Waals surface area contributed by atoms with E-state index in [1.165, 1.54) is 11.4 Å². The lowest BCUT2D eigenvalue weighted by Crippen LogP contribution is -2.29. The van der Waals surface area contributed by atoms with Crippen LogP contribution in [0.1, 0.15) is 18.0 Å². The zero-order valence-electron chi connectivity index (χ0n) is 12.5. The van der Waals surface area contributed by atoms with Gasteiger partial charge in [-0.1, -0.05) is 11.3 Å². The summed E-state index contributed by atoms with van der Waals surface area (Å²) in [6.45, 7) is 2.72. The number of ether oxygens (including phenoxy) is 1. The Labute approximate surface area is 129 Å². The molecule has 0 unspecified atom stereocenters. The average molecular weight is 322 g/mol. The third-order valence-electron chi connectivity index (χ3n) is 3.88. The summed E-state index contributed by atoms with van der Waals surface area (Å²) in [7, 11) is -2.10. The molecule has 1 aromatic heterocycles. The van der Waals surface area contributed by atoms with Crippen LogP contribution in [0.25, 0.3) is 0 Å². The minimum Gasteiger partial charge on any atom is -0.495 e. The first-order valence-corrected chi connectivity index (χ1v) is 8.47. The van der Waals surface area contributed by atoms with E-state index in [2.05, 4.69) is 10.3 Å². The molecule has 0 spiro atoms. The van der Waals surface area contributed by atoms with Crippen molar-refractivity contribution in [3.05, 3.63) is 36.2 Å². The summed E-state index contributed by atoms with van der Waals surface area (Å²) in [6, 6.07) is 5.19. The summed E-state index contributed by atoms with van der Waals surface area (Å²) in [5, 5.41) is 7.73. The number of aryl methyl sites for hydroxylation is 1. The van der Waals surface area contributed by atoms with Crippen molar-refractivity contribution in [2.24, 2.45) is 0 Å². The molecule has 8 heteroatoms. The van der Waals surface area contributed by atoms with Crippen molar-refractivity contribution in [1.82, 2.24) is 19.3 Å². The largest absolute Gasteiger partial charge is 0.495 e. The Balaban J connectivity index is 1.90. The van der Waals surface area contributed by atoms with E-state index in [1.54, 1.807) is 29.2 Å². The third kappa shape index (κ3) is 2.59. The Morgan fingerprint density at radius 1 is 1.36 bits per heavy atom. The topological polar surface area (TPSA) is 77.3 Å². The molecule has 0 N–H and O–H groups in total. The maximum atomic E-state index is 12.9. The molecule has 7 nitrogen and oxygen atoms in total. The number of rotatable bonds is 4. The quantitative estimate of drug-likeness (QED) is 0.846. The molecule has 2 heterocycles. The van der Waals surface area contributed by atoms with Crippen molar-refractivity contribution >= 4 is 10.0 Å². The Kier molecular flexibility index (Phi) is 3.88. The van der Waals surface area contributed by atoms with Gasteiger partial charge in [0.15, 0.2) is 0 Å². The van der Waals surface area contributed by atoms with Crippen molar-refractivity contribution < 1.29 is 13.2 Å². The lowest BCUT2D eigenvalue weighted by atomic mass is 10.2. The highest BCUT2D eigenvalue weighted by atomic mass is 32.2. The number of benzene rings is 1. The van der Waals surface area contributed by atoms with Gasteiger partial charge in [-0.3, -0.25) is 0 Å². The molecule has 1 aromatic carbocycles. The number of aromatic nitrogens is 3. The fraction of sp³-hybridized carbons (Fsp3) is 0.429. The van der Waals surface area contributed by atoms with E-state index in [-0.39, 0.29) is 10.9 Å². The molecule has 1 fully saturated rings. The summed E-state index contributed by atoms with van der Waals surface area (Å²) < 4.78 is 34.2. The Hall–Kier alpha value is -1.93. The smallest absolute Gasteiger partial charge is 0.246 e. The number of methoxy groups -OCH3 is 1. The van der Waals surface area contributed by atoms with Crippen LogP contribution in [0.3, 0.4) is 0 Å². The van der Waals surface area contributed by atoms with Crippen molar-refractivity contribution in [2.75, 3.05) is 20.2 Å². The third-order valence-corrected chi connectivity index (χ3v) is 5.76. The summed E-state index contributed by atoms with van der Waals surface area (Å²) >= 11 is 0. The molecule has 3 rings (SSSR count). The Morgan fingerprint density at radius 3 is 2.86 bits per heavy atom. The number of nitrogens with zero attached hydrogens (tertiary/aromatic N) is 4. The van der Waals surface area contributed by atoms with Gasteiger partial charge in [0.05, 0.1) is 19.3 Å². The van der Waals surface area contributed by atoms with Crippen molar-refractivity contribution in [3.8, 4) is 5.75 Å². The molecule has 0 bridgehead atoms. The molecule has 118 valence electrons. The molecular formula is C14H18N4O3S. The highest BCUT2D eigenvalue weighted by molar-refractivity contribution is 7.89. The molecule has 1 aliphatic heterocycles. The van der Waals surface area contributed by atoms with Gasteiger partial charge in [-0.15, -0.1) is 5.10 Å². The monoisotopic (exact) mass is 322 g/mol. The van der Waals surface area contributed by atoms with Crippen LogP contribution in [0.5, 0.6) is 5.75 Å². The van der Waals surface area contributed by atoms with Gasteiger partial charge in [0, 0.05) is 19.3 Å². The summed E-state index contributed by atoms with van der Waals surface area (Å²) in [4.78, 5) is 0.217. The van der Waals surface area contributed by atoms with E-state index in [0.717, 1.165) is 12.0 Å². The summed E-state index contributed by atoms with van der Waals surface area (Å²) in [6.07, 6.45) is 4.07. The van der Waals surface area contributed by atoms with E-state index in [0.29, 0.717) is 18.8 Å². The van der Waals surface area contributed by atoms with Gasteiger partial charge >= 0.3 is 0 Å². The number of hydrogen-bond donors (Lipinski definition) is 0. The molecule has 0 aliphatic carbocycles. The normalized spacial score (nSPS) is 19.5. The standard InChI is InChI=1S/C14H18N4O3S/c1-11-3-4-13(21-2)14(9-11)22(19,20)17-7-5-12(10-17)18-8-6-15-16-18/h3-4,6,8-9,12H,5,7,10H2,1-2H3/t12-/m1/s1. The Bertz CT molecular complexity index is 758. The second-order valence-electron chi connectivity index (χ2n) is 5.34. The molecule has 22 heavy (non-hydrogen) atoms. The predicted molar refractivity (Wildman–Crippen MR) is 80.2 cm³/mol. The SMILES string of the molecule is COc1ccc(C)cc1S(=O)(=O)N1CC[C@@H](n2ccnn2)C1. The highest BCUT2D eigenvalue weighted by Gasteiger charge is 2.35. The molecular weight excluding hydrogens is 304 g/mol. The summed E-state index contributed by atoms with van der Waals surface area (Å²) in [5.74, 6) is 0.370. The molecule has 0 amide bonds. The number of sulfonamides is 1. The lowest BCUT2D eigenvalue weighted by molar-refractivity contribution is 0.395. The highest BCUT2D eigenvalue weighted by Crippen LogP contribution is 2.32. The molecule has 1 saturated heterocycles. The van der Waals surface area contributed by atoms with E-state index in [1.807, 2.05) is 13.0 Å². The van der Waals surface area contributed by atoms with Gasteiger partial charge in [-0.25, -0.2) is 13.1 Å². The first kappa shape index (κ1) is 15.0. The molecule has 0 saturated carbocycles. The van der Waals surface area contributed by atoms with Crippen LogP contribution < -0.4 is 4.74 Å². The minimum absolute atomic E-state index is 0.0214. The van der Waals surface area contributed by atoms with Gasteiger partial charge in [0.25, 0.3) is 0 Å². The van der Waals surface area contributed by atoms with Crippen LogP contribution in [0, 0.1) is 6.92 Å². The zero-order valence-corrected chi connectivity index (χ0v) is 13.3. The summed E-state index contributed by atoms with van der Waals surface area (Å²) in [5.41, 5.74) is 0.881. The fourth-order valence-corrected chi connectivity index (χ4v) is 4.41. The van der Waals surface area contributed by atoms with Gasteiger partial charge in [0.1, 0.15) is 10.6 Å². The van der Waals surface area contributed by atoms with Gasteiger partial charge in [-0.2, -0.15) is 4.31 Å². The maximum absolute atomic E-state index is 12.9. The van der Waals surface area contributed by atoms with Crippen LogP contribution in [0.15, 0.2) is 35.5 Å². The van der Waals surface area contributed by atoms with E-state index in [4.69, 9.17) is 4.74 Å². The van der Waals surface area contributed by atoms with Crippen LogP contribution >= 0.6 is 0 Å². The molecule has 2 aromatic rings. The van der Waals surface area contributed by atoms with Gasteiger partial charge in [-0.05, 0) is 31.0 Å². The van der Waals surface area contributed by atoms with E-state index >= 15 is 0 Å². The van der Waals surface area contributed by atoms with E-state index in [9.17, 15) is 8.42 Å². The molecule has 0 radical (unpaired) electrons. The minimum atomic E-state index is -3.58. The van der Waals surface area contributed by atoms with Crippen molar-refractivity contribution in [3.63, 3.8) is 0 Å². The van der Waals surface area contributed by atoms with Gasteiger partial charge < -0.3 is 4.74 Å². The van der Waals surface area contributed by atoms with Crippen molar-refractivity contribution in [2.45, 2.75) is 24.3 Å². The predicted octanol–water partition coefficient (Wildman–Crippen LogP) is 1.23. The van der Waals surface area contributed by atoms with Crippen LogP contribution in [0.4, 0.5) is 0 Å². The van der Waals surface area contributed by atoms with Crippen LogP contribution in [-0.2, 0) is 10.0 Å². The van der Waals surface area contributed by atoms with Gasteiger partial charge in [0.2, 0.25) is 10.0 Å². The zero-order chi connectivity index (χ0) is 15.7. The number of hydrogen-bond acceptors (Lipinski definition) is 5. The van der Waals surface area contributed by atoms with Crippen LogP contribution in [0.2, 0.25) is 0 Å². The Morgan fingerprint density at radius 2 is 2.18 bits per heavy atom. The van der Waals surface area contributed by atoms with Crippen molar-refractivity contribution in [1.29, 1.82) is 0 Å².